The summed E-state index contributed by atoms with van der Waals surface area (Å²) >= 11 is 0. The van der Waals surface area contributed by atoms with Crippen molar-refractivity contribution in [1.29, 1.82) is 0 Å². The number of carbonyl (C=O) groups is 1. The standard InChI is InChI=1S/C15H20N4O2/c1-3-11-10-14(21-17-11)13-6-5-8-19(13)15(20)12-7-9-18(4-2)16-12/h7,9-10,13H,3-6,8H2,1-2H3. The first-order chi connectivity index (χ1) is 10.2. The van der Waals surface area contributed by atoms with Crippen molar-refractivity contribution in [3.8, 4) is 0 Å². The van der Waals surface area contributed by atoms with Crippen LogP contribution in [-0.4, -0.2) is 32.3 Å². The molecule has 0 radical (unpaired) electrons. The summed E-state index contributed by atoms with van der Waals surface area (Å²) in [5.41, 5.74) is 1.43. The molecule has 2 aromatic heterocycles. The van der Waals surface area contributed by atoms with Gasteiger partial charge in [-0.15, -0.1) is 0 Å². The molecular formula is C15H20N4O2. The Labute approximate surface area is 123 Å². The molecule has 0 spiro atoms. The zero-order valence-electron chi connectivity index (χ0n) is 12.5. The summed E-state index contributed by atoms with van der Waals surface area (Å²) in [5.74, 6) is 0.756. The van der Waals surface area contributed by atoms with E-state index in [1.807, 2.05) is 31.0 Å². The van der Waals surface area contributed by atoms with Crippen LogP contribution >= 0.6 is 0 Å². The Morgan fingerprint density at radius 1 is 1.48 bits per heavy atom. The van der Waals surface area contributed by atoms with Crippen LogP contribution in [0.25, 0.3) is 0 Å². The molecule has 0 aromatic carbocycles. The maximum absolute atomic E-state index is 12.6. The molecule has 1 unspecified atom stereocenters. The maximum atomic E-state index is 12.6. The van der Waals surface area contributed by atoms with Crippen molar-refractivity contribution in [2.24, 2.45) is 0 Å². The van der Waals surface area contributed by atoms with Crippen molar-refractivity contribution in [2.45, 2.75) is 45.7 Å². The zero-order valence-corrected chi connectivity index (χ0v) is 12.5. The van der Waals surface area contributed by atoms with Crippen LogP contribution in [0.3, 0.4) is 0 Å². The third-order valence-electron chi connectivity index (χ3n) is 3.97. The molecule has 1 aliphatic rings. The Morgan fingerprint density at radius 3 is 3.00 bits per heavy atom. The highest BCUT2D eigenvalue weighted by Crippen LogP contribution is 2.33. The average Bonchev–Trinajstić information content (AvgIpc) is 3.23. The molecule has 0 saturated carbocycles. The molecule has 0 N–H and O–H groups in total. The van der Waals surface area contributed by atoms with Gasteiger partial charge in [0.1, 0.15) is 5.69 Å². The second-order valence-electron chi connectivity index (χ2n) is 5.29. The van der Waals surface area contributed by atoms with Crippen LogP contribution < -0.4 is 0 Å². The number of hydrogen-bond acceptors (Lipinski definition) is 4. The molecule has 1 atom stereocenters. The van der Waals surface area contributed by atoms with E-state index in [1.54, 1.807) is 10.7 Å². The molecule has 21 heavy (non-hydrogen) atoms. The van der Waals surface area contributed by atoms with E-state index in [2.05, 4.69) is 10.3 Å². The van der Waals surface area contributed by atoms with Gasteiger partial charge in [-0.05, 0) is 32.3 Å². The van der Waals surface area contributed by atoms with E-state index in [0.29, 0.717) is 5.69 Å². The lowest BCUT2D eigenvalue weighted by molar-refractivity contribution is 0.0707. The molecule has 3 rings (SSSR count). The Morgan fingerprint density at radius 2 is 2.33 bits per heavy atom. The minimum absolute atomic E-state index is 0.0166. The minimum atomic E-state index is -0.0286. The third kappa shape index (κ3) is 2.57. The van der Waals surface area contributed by atoms with Crippen LogP contribution in [0.5, 0.6) is 0 Å². The average molecular weight is 288 g/mol. The van der Waals surface area contributed by atoms with Gasteiger partial charge in [0.25, 0.3) is 5.91 Å². The molecule has 1 fully saturated rings. The molecule has 3 heterocycles. The van der Waals surface area contributed by atoms with Crippen LogP contribution in [-0.2, 0) is 13.0 Å². The van der Waals surface area contributed by atoms with Crippen molar-refractivity contribution in [1.82, 2.24) is 19.8 Å². The fourth-order valence-corrected chi connectivity index (χ4v) is 2.76. The van der Waals surface area contributed by atoms with E-state index in [9.17, 15) is 4.79 Å². The Kier molecular flexibility index (Phi) is 3.77. The molecule has 112 valence electrons. The molecule has 6 heteroatoms. The third-order valence-corrected chi connectivity index (χ3v) is 3.97. The number of carbonyl (C=O) groups excluding carboxylic acids is 1. The first-order valence-corrected chi connectivity index (χ1v) is 7.52. The second-order valence-corrected chi connectivity index (χ2v) is 5.29. The van der Waals surface area contributed by atoms with Gasteiger partial charge >= 0.3 is 0 Å². The predicted molar refractivity (Wildman–Crippen MR) is 76.8 cm³/mol. The van der Waals surface area contributed by atoms with Gasteiger partial charge in [-0.2, -0.15) is 5.10 Å². The number of nitrogens with zero attached hydrogens (tertiary/aromatic N) is 4. The summed E-state index contributed by atoms with van der Waals surface area (Å²) in [7, 11) is 0. The van der Waals surface area contributed by atoms with Crippen molar-refractivity contribution in [3.05, 3.63) is 35.5 Å². The zero-order chi connectivity index (χ0) is 14.8. The Hall–Kier alpha value is -2.11. The highest BCUT2D eigenvalue weighted by Gasteiger charge is 2.34. The van der Waals surface area contributed by atoms with Crippen molar-refractivity contribution in [2.75, 3.05) is 6.54 Å². The van der Waals surface area contributed by atoms with Crippen LogP contribution in [0, 0.1) is 0 Å². The lowest BCUT2D eigenvalue weighted by Crippen LogP contribution is -2.30. The van der Waals surface area contributed by atoms with E-state index in [1.165, 1.54) is 0 Å². The maximum Gasteiger partial charge on any atom is 0.274 e. The monoisotopic (exact) mass is 288 g/mol. The predicted octanol–water partition coefficient (Wildman–Crippen LogP) is 2.43. The molecule has 2 aromatic rings. The summed E-state index contributed by atoms with van der Waals surface area (Å²) in [6.07, 6.45) is 4.57. The molecule has 0 aliphatic carbocycles. The lowest BCUT2D eigenvalue weighted by Gasteiger charge is -2.21. The number of aromatic nitrogens is 3. The minimum Gasteiger partial charge on any atom is -0.359 e. The van der Waals surface area contributed by atoms with Gasteiger partial charge in [0.2, 0.25) is 0 Å². The van der Waals surface area contributed by atoms with Crippen LogP contribution in [0.1, 0.15) is 54.7 Å². The summed E-state index contributed by atoms with van der Waals surface area (Å²) in [5, 5.41) is 8.33. The molecule has 6 nitrogen and oxygen atoms in total. The fraction of sp³-hybridized carbons (Fsp3) is 0.533. The lowest BCUT2D eigenvalue weighted by atomic mass is 10.1. The van der Waals surface area contributed by atoms with Crippen molar-refractivity contribution < 1.29 is 9.32 Å². The number of rotatable bonds is 4. The summed E-state index contributed by atoms with van der Waals surface area (Å²) in [6.45, 7) is 5.54. The van der Waals surface area contributed by atoms with Crippen molar-refractivity contribution in [3.63, 3.8) is 0 Å². The van der Waals surface area contributed by atoms with E-state index >= 15 is 0 Å². The normalized spacial score (nSPS) is 18.4. The van der Waals surface area contributed by atoms with Crippen molar-refractivity contribution >= 4 is 5.91 Å². The molecule has 1 amide bonds. The molecule has 1 aliphatic heterocycles. The summed E-state index contributed by atoms with van der Waals surface area (Å²) in [4.78, 5) is 14.5. The van der Waals surface area contributed by atoms with Crippen LogP contribution in [0.4, 0.5) is 0 Å². The van der Waals surface area contributed by atoms with Crippen LogP contribution in [0.15, 0.2) is 22.9 Å². The topological polar surface area (TPSA) is 64.2 Å². The van der Waals surface area contributed by atoms with Gasteiger partial charge < -0.3 is 9.42 Å². The molecule has 0 bridgehead atoms. The van der Waals surface area contributed by atoms with Gasteiger partial charge in [-0.25, -0.2) is 0 Å². The SMILES string of the molecule is CCc1cc(C2CCCN2C(=O)c2ccn(CC)n2)on1. The van der Waals surface area contributed by atoms with Gasteiger partial charge in [0, 0.05) is 25.4 Å². The van der Waals surface area contributed by atoms with Gasteiger partial charge in [0.05, 0.1) is 11.7 Å². The van der Waals surface area contributed by atoms with Gasteiger partial charge in [-0.1, -0.05) is 12.1 Å². The quantitative estimate of drug-likeness (QED) is 0.866. The first kappa shape index (κ1) is 13.9. The smallest absolute Gasteiger partial charge is 0.274 e. The van der Waals surface area contributed by atoms with Gasteiger partial charge in [0.15, 0.2) is 5.76 Å². The van der Waals surface area contributed by atoms with Crippen LogP contribution in [0.2, 0.25) is 0 Å². The van der Waals surface area contributed by atoms with E-state index in [-0.39, 0.29) is 11.9 Å². The molecular weight excluding hydrogens is 268 g/mol. The number of aryl methyl sites for hydroxylation is 2. The number of likely N-dealkylation sites (tertiary alicyclic amines) is 1. The largest absolute Gasteiger partial charge is 0.359 e. The summed E-state index contributed by atoms with van der Waals surface area (Å²) in [6, 6.07) is 3.72. The van der Waals surface area contributed by atoms with E-state index in [0.717, 1.165) is 43.8 Å². The number of amides is 1. The fourth-order valence-electron chi connectivity index (χ4n) is 2.76. The van der Waals surface area contributed by atoms with E-state index < -0.39 is 0 Å². The Balaban J connectivity index is 1.81. The Bertz CT molecular complexity index is 631. The van der Waals surface area contributed by atoms with Gasteiger partial charge in [-0.3, -0.25) is 9.48 Å². The second kappa shape index (κ2) is 5.71. The molecule has 1 saturated heterocycles. The highest BCUT2D eigenvalue weighted by atomic mass is 16.5. The number of hydrogen-bond donors (Lipinski definition) is 0. The highest BCUT2D eigenvalue weighted by molar-refractivity contribution is 5.92. The first-order valence-electron chi connectivity index (χ1n) is 7.52. The van der Waals surface area contributed by atoms with E-state index in [4.69, 9.17) is 4.52 Å². The summed E-state index contributed by atoms with van der Waals surface area (Å²) < 4.78 is 7.18.